The van der Waals surface area contributed by atoms with Gasteiger partial charge in [-0.05, 0) is 19.5 Å². The van der Waals surface area contributed by atoms with Crippen molar-refractivity contribution in [1.29, 1.82) is 0 Å². The molecule has 0 aliphatic carbocycles. The van der Waals surface area contributed by atoms with Gasteiger partial charge in [-0.25, -0.2) is 8.78 Å². The number of halogens is 2. The van der Waals surface area contributed by atoms with Crippen molar-refractivity contribution in [2.75, 3.05) is 6.54 Å². The Hall–Kier alpha value is -1.75. The monoisotopic (exact) mass is 265 g/mol. The van der Waals surface area contributed by atoms with E-state index in [2.05, 4.69) is 10.4 Å². The van der Waals surface area contributed by atoms with Gasteiger partial charge in [0.15, 0.2) is 0 Å². The summed E-state index contributed by atoms with van der Waals surface area (Å²) < 4.78 is 28.1. The quantitative estimate of drug-likeness (QED) is 0.900. The average molecular weight is 265 g/mol. The van der Waals surface area contributed by atoms with Crippen molar-refractivity contribution in [2.24, 2.45) is 0 Å². The lowest BCUT2D eigenvalue weighted by Gasteiger charge is -2.07. The molecule has 0 fully saturated rings. The van der Waals surface area contributed by atoms with E-state index < -0.39 is 11.6 Å². The first-order valence-corrected chi connectivity index (χ1v) is 6.27. The molecule has 1 aromatic heterocycles. The van der Waals surface area contributed by atoms with Crippen molar-refractivity contribution in [3.05, 3.63) is 52.9 Å². The molecule has 0 spiro atoms. The summed E-state index contributed by atoms with van der Waals surface area (Å²) in [5, 5.41) is 7.47. The molecule has 1 N–H and O–H groups in total. The van der Waals surface area contributed by atoms with Gasteiger partial charge < -0.3 is 5.32 Å². The molecule has 5 heteroatoms. The van der Waals surface area contributed by atoms with Crippen LogP contribution in [0.1, 0.15) is 23.7 Å². The number of aromatic nitrogens is 2. The lowest BCUT2D eigenvalue weighted by molar-refractivity contribution is 0.555. The molecular formula is C14H17F2N3. The summed E-state index contributed by atoms with van der Waals surface area (Å²) in [7, 11) is 0. The van der Waals surface area contributed by atoms with Crippen LogP contribution < -0.4 is 5.32 Å². The van der Waals surface area contributed by atoms with E-state index in [9.17, 15) is 8.78 Å². The van der Waals surface area contributed by atoms with Gasteiger partial charge in [-0.2, -0.15) is 5.10 Å². The third-order valence-corrected chi connectivity index (χ3v) is 3.11. The molecule has 0 amide bonds. The maximum atomic E-state index is 13.6. The third kappa shape index (κ3) is 3.17. The van der Waals surface area contributed by atoms with E-state index in [1.54, 1.807) is 10.9 Å². The molecule has 0 radical (unpaired) electrons. The third-order valence-electron chi connectivity index (χ3n) is 3.11. The van der Waals surface area contributed by atoms with E-state index in [0.717, 1.165) is 30.4 Å². The van der Waals surface area contributed by atoms with Gasteiger partial charge in [0, 0.05) is 29.4 Å². The Morgan fingerprint density at radius 2 is 2.05 bits per heavy atom. The van der Waals surface area contributed by atoms with Gasteiger partial charge >= 0.3 is 0 Å². The van der Waals surface area contributed by atoms with Crippen molar-refractivity contribution in [3.8, 4) is 0 Å². The number of nitrogens with zero attached hydrogens (tertiary/aromatic N) is 2. The SMILES string of the molecule is CCNCc1cnn(Cc2ccc(F)cc2F)c1C. The molecule has 0 atom stereocenters. The first kappa shape index (κ1) is 13.7. The second-order valence-electron chi connectivity index (χ2n) is 4.43. The molecule has 2 aromatic rings. The van der Waals surface area contributed by atoms with Gasteiger partial charge in [0.25, 0.3) is 0 Å². The zero-order valence-electron chi connectivity index (χ0n) is 11.1. The highest BCUT2D eigenvalue weighted by atomic mass is 19.1. The number of hydrogen-bond donors (Lipinski definition) is 1. The van der Waals surface area contributed by atoms with Crippen LogP contribution in [-0.2, 0) is 13.1 Å². The Morgan fingerprint density at radius 3 is 2.74 bits per heavy atom. The lowest BCUT2D eigenvalue weighted by atomic mass is 10.2. The topological polar surface area (TPSA) is 29.9 Å². The van der Waals surface area contributed by atoms with Crippen LogP contribution >= 0.6 is 0 Å². The molecule has 19 heavy (non-hydrogen) atoms. The first-order valence-electron chi connectivity index (χ1n) is 6.27. The number of benzene rings is 1. The minimum Gasteiger partial charge on any atom is -0.313 e. The van der Waals surface area contributed by atoms with E-state index in [1.807, 2.05) is 13.8 Å². The maximum Gasteiger partial charge on any atom is 0.131 e. The Morgan fingerprint density at radius 1 is 1.26 bits per heavy atom. The van der Waals surface area contributed by atoms with E-state index in [1.165, 1.54) is 12.1 Å². The van der Waals surface area contributed by atoms with Gasteiger partial charge in [-0.1, -0.05) is 13.0 Å². The predicted octanol–water partition coefficient (Wildman–Crippen LogP) is 2.63. The molecule has 0 bridgehead atoms. The molecule has 1 heterocycles. The van der Waals surface area contributed by atoms with Crippen molar-refractivity contribution >= 4 is 0 Å². The maximum absolute atomic E-state index is 13.6. The number of nitrogens with one attached hydrogen (secondary N) is 1. The summed E-state index contributed by atoms with van der Waals surface area (Å²) in [6.45, 7) is 5.92. The van der Waals surface area contributed by atoms with Crippen LogP contribution in [0.25, 0.3) is 0 Å². The van der Waals surface area contributed by atoms with Gasteiger partial charge in [0.1, 0.15) is 11.6 Å². The van der Waals surface area contributed by atoms with Gasteiger partial charge in [0.05, 0.1) is 12.7 Å². The molecule has 0 saturated carbocycles. The Kier molecular flexibility index (Phi) is 4.27. The summed E-state index contributed by atoms with van der Waals surface area (Å²) >= 11 is 0. The normalized spacial score (nSPS) is 10.9. The second-order valence-corrected chi connectivity index (χ2v) is 4.43. The van der Waals surface area contributed by atoms with Crippen molar-refractivity contribution in [3.63, 3.8) is 0 Å². The molecule has 3 nitrogen and oxygen atoms in total. The highest BCUT2D eigenvalue weighted by Crippen LogP contribution is 2.14. The lowest BCUT2D eigenvalue weighted by Crippen LogP contribution is -2.13. The van der Waals surface area contributed by atoms with E-state index in [0.29, 0.717) is 12.1 Å². The summed E-state index contributed by atoms with van der Waals surface area (Å²) in [4.78, 5) is 0. The van der Waals surface area contributed by atoms with Crippen molar-refractivity contribution in [1.82, 2.24) is 15.1 Å². The van der Waals surface area contributed by atoms with Gasteiger partial charge in [0.2, 0.25) is 0 Å². The number of hydrogen-bond acceptors (Lipinski definition) is 2. The first-order chi connectivity index (χ1) is 9.11. The van der Waals surface area contributed by atoms with Gasteiger partial charge in [-0.15, -0.1) is 0 Å². The minimum absolute atomic E-state index is 0.310. The molecule has 0 saturated heterocycles. The van der Waals surface area contributed by atoms with E-state index in [4.69, 9.17) is 0 Å². The number of rotatable bonds is 5. The highest BCUT2D eigenvalue weighted by molar-refractivity contribution is 5.21. The predicted molar refractivity (Wildman–Crippen MR) is 69.8 cm³/mol. The zero-order valence-corrected chi connectivity index (χ0v) is 11.1. The Labute approximate surface area is 111 Å². The molecule has 1 aromatic carbocycles. The molecule has 0 aliphatic heterocycles. The van der Waals surface area contributed by atoms with Crippen LogP contribution in [0, 0.1) is 18.6 Å². The average Bonchev–Trinajstić information content (AvgIpc) is 2.72. The fourth-order valence-corrected chi connectivity index (χ4v) is 1.89. The fourth-order valence-electron chi connectivity index (χ4n) is 1.89. The second kappa shape index (κ2) is 5.93. The Bertz CT molecular complexity index is 564. The van der Waals surface area contributed by atoms with Crippen molar-refractivity contribution < 1.29 is 8.78 Å². The van der Waals surface area contributed by atoms with Crippen LogP contribution in [0.3, 0.4) is 0 Å². The van der Waals surface area contributed by atoms with Gasteiger partial charge in [-0.3, -0.25) is 4.68 Å². The van der Waals surface area contributed by atoms with E-state index in [-0.39, 0.29) is 0 Å². The van der Waals surface area contributed by atoms with Crippen LogP contribution in [0.15, 0.2) is 24.4 Å². The van der Waals surface area contributed by atoms with Crippen LogP contribution in [-0.4, -0.2) is 16.3 Å². The smallest absolute Gasteiger partial charge is 0.131 e. The fraction of sp³-hybridized carbons (Fsp3) is 0.357. The standard InChI is InChI=1S/C14H17F2N3/c1-3-17-7-12-8-18-19(10(12)2)9-11-4-5-13(15)6-14(11)16/h4-6,8,17H,3,7,9H2,1-2H3. The van der Waals surface area contributed by atoms with E-state index >= 15 is 0 Å². The summed E-state index contributed by atoms with van der Waals surface area (Å²) in [6, 6.07) is 3.61. The summed E-state index contributed by atoms with van der Waals surface area (Å²) in [6.07, 6.45) is 1.78. The van der Waals surface area contributed by atoms with Crippen LogP contribution in [0.5, 0.6) is 0 Å². The van der Waals surface area contributed by atoms with Crippen molar-refractivity contribution in [2.45, 2.75) is 26.9 Å². The summed E-state index contributed by atoms with van der Waals surface area (Å²) in [5.41, 5.74) is 2.51. The highest BCUT2D eigenvalue weighted by Gasteiger charge is 2.09. The molecule has 0 unspecified atom stereocenters. The minimum atomic E-state index is -0.564. The Balaban J connectivity index is 2.17. The van der Waals surface area contributed by atoms with Crippen LogP contribution in [0.2, 0.25) is 0 Å². The van der Waals surface area contributed by atoms with Crippen LogP contribution in [0.4, 0.5) is 8.78 Å². The molecule has 0 aliphatic rings. The zero-order chi connectivity index (χ0) is 13.8. The molecule has 102 valence electrons. The molecule has 2 rings (SSSR count). The molecular weight excluding hydrogens is 248 g/mol. The summed E-state index contributed by atoms with van der Waals surface area (Å²) in [5.74, 6) is -1.10. The largest absolute Gasteiger partial charge is 0.313 e.